The van der Waals surface area contributed by atoms with Gasteiger partial charge in [0.25, 0.3) is 5.69 Å². The number of nitro groups is 1. The Bertz CT molecular complexity index is 613. The summed E-state index contributed by atoms with van der Waals surface area (Å²) in [6, 6.07) is 11.9. The molecule has 0 amide bonds. The van der Waals surface area contributed by atoms with Crippen molar-refractivity contribution in [3.05, 3.63) is 68.7 Å². The predicted molar refractivity (Wildman–Crippen MR) is 73.6 cm³/mol. The molecule has 0 heterocycles. The number of nitrogens with zero attached hydrogens (tertiary/aromatic N) is 1. The first-order chi connectivity index (χ1) is 9.08. The number of halogens is 1. The molecule has 0 aromatic heterocycles. The zero-order valence-corrected chi connectivity index (χ0v) is 11.1. The number of aryl methyl sites for hydroxylation is 1. The summed E-state index contributed by atoms with van der Waals surface area (Å²) < 4.78 is 5.61. The molecule has 0 saturated carbocycles. The molecule has 0 atom stereocenters. The third kappa shape index (κ3) is 3.23. The fourth-order valence-electron chi connectivity index (χ4n) is 1.72. The number of hydrogen-bond acceptors (Lipinski definition) is 3. The van der Waals surface area contributed by atoms with E-state index in [1.54, 1.807) is 6.07 Å². The molecule has 0 saturated heterocycles. The van der Waals surface area contributed by atoms with Gasteiger partial charge in [0.2, 0.25) is 0 Å². The van der Waals surface area contributed by atoms with E-state index in [1.807, 2.05) is 31.2 Å². The average Bonchev–Trinajstić information content (AvgIpc) is 2.37. The molecule has 0 unspecified atom stereocenters. The molecule has 2 aromatic carbocycles. The summed E-state index contributed by atoms with van der Waals surface area (Å²) in [5, 5.41) is 11.4. The number of ether oxygens (including phenoxy) is 1. The highest BCUT2D eigenvalue weighted by Crippen LogP contribution is 2.25. The summed E-state index contributed by atoms with van der Waals surface area (Å²) in [5.74, 6) is 0.705. The van der Waals surface area contributed by atoms with Crippen LogP contribution in [0.1, 0.15) is 11.1 Å². The fourth-order valence-corrected chi connectivity index (χ4v) is 1.92. The molecular weight excluding hydrogens is 266 g/mol. The van der Waals surface area contributed by atoms with Crippen molar-refractivity contribution in [3.8, 4) is 5.75 Å². The van der Waals surface area contributed by atoms with Gasteiger partial charge >= 0.3 is 0 Å². The number of rotatable bonds is 4. The number of benzene rings is 2. The van der Waals surface area contributed by atoms with E-state index < -0.39 is 4.92 Å². The van der Waals surface area contributed by atoms with E-state index in [1.165, 1.54) is 12.1 Å². The van der Waals surface area contributed by atoms with Gasteiger partial charge in [-0.2, -0.15) is 0 Å². The normalized spacial score (nSPS) is 10.2. The van der Waals surface area contributed by atoms with Crippen molar-refractivity contribution in [2.75, 3.05) is 0 Å². The van der Waals surface area contributed by atoms with Gasteiger partial charge < -0.3 is 4.74 Å². The van der Waals surface area contributed by atoms with Crippen LogP contribution in [0.5, 0.6) is 5.75 Å². The molecule has 0 radical (unpaired) electrons. The third-order valence-corrected chi connectivity index (χ3v) is 2.95. The monoisotopic (exact) mass is 277 g/mol. The van der Waals surface area contributed by atoms with Crippen LogP contribution >= 0.6 is 11.6 Å². The maximum absolute atomic E-state index is 10.9. The lowest BCUT2D eigenvalue weighted by atomic mass is 10.2. The number of para-hydroxylation sites is 1. The molecule has 2 rings (SSSR count). The van der Waals surface area contributed by atoms with Crippen LogP contribution in [0.4, 0.5) is 5.69 Å². The van der Waals surface area contributed by atoms with Gasteiger partial charge in [-0.3, -0.25) is 10.1 Å². The molecule has 4 nitrogen and oxygen atoms in total. The van der Waals surface area contributed by atoms with E-state index in [9.17, 15) is 10.1 Å². The zero-order valence-electron chi connectivity index (χ0n) is 10.3. The minimum Gasteiger partial charge on any atom is -0.488 e. The van der Waals surface area contributed by atoms with Crippen LogP contribution in [0.15, 0.2) is 42.5 Å². The summed E-state index contributed by atoms with van der Waals surface area (Å²) in [6.45, 7) is 2.03. The standard InChI is InChI=1S/C14H12ClNO3/c1-10-4-2-3-5-14(10)19-9-11-8-12(15)6-7-13(11)16(17)18/h2-8H,9H2,1H3. The van der Waals surface area contributed by atoms with Gasteiger partial charge in [0.15, 0.2) is 0 Å². The van der Waals surface area contributed by atoms with Crippen molar-refractivity contribution < 1.29 is 9.66 Å². The molecule has 0 aliphatic heterocycles. The van der Waals surface area contributed by atoms with E-state index in [2.05, 4.69) is 0 Å². The van der Waals surface area contributed by atoms with E-state index >= 15 is 0 Å². The van der Waals surface area contributed by atoms with Gasteiger partial charge in [0.1, 0.15) is 12.4 Å². The van der Waals surface area contributed by atoms with Gasteiger partial charge in [-0.15, -0.1) is 0 Å². The second kappa shape index (κ2) is 5.71. The van der Waals surface area contributed by atoms with Crippen LogP contribution in [-0.4, -0.2) is 4.92 Å². The van der Waals surface area contributed by atoms with E-state index in [-0.39, 0.29) is 12.3 Å². The number of nitro benzene ring substituents is 1. The molecule has 0 spiro atoms. The van der Waals surface area contributed by atoms with Crippen LogP contribution in [-0.2, 0) is 6.61 Å². The molecule has 19 heavy (non-hydrogen) atoms. The van der Waals surface area contributed by atoms with Crippen LogP contribution < -0.4 is 4.74 Å². The molecule has 2 aromatic rings. The first-order valence-electron chi connectivity index (χ1n) is 5.69. The highest BCUT2D eigenvalue weighted by atomic mass is 35.5. The van der Waals surface area contributed by atoms with Crippen molar-refractivity contribution in [3.63, 3.8) is 0 Å². The van der Waals surface area contributed by atoms with Crippen LogP contribution in [0.3, 0.4) is 0 Å². The molecule has 0 bridgehead atoms. The first-order valence-corrected chi connectivity index (χ1v) is 6.07. The molecule has 0 N–H and O–H groups in total. The Kier molecular flexibility index (Phi) is 4.02. The van der Waals surface area contributed by atoms with E-state index in [4.69, 9.17) is 16.3 Å². The topological polar surface area (TPSA) is 52.4 Å². The van der Waals surface area contributed by atoms with Crippen molar-refractivity contribution in [2.24, 2.45) is 0 Å². The summed E-state index contributed by atoms with van der Waals surface area (Å²) >= 11 is 5.86. The van der Waals surface area contributed by atoms with Crippen molar-refractivity contribution in [1.82, 2.24) is 0 Å². The fraction of sp³-hybridized carbons (Fsp3) is 0.143. The Morgan fingerprint density at radius 1 is 1.26 bits per heavy atom. The predicted octanol–water partition coefficient (Wildman–Crippen LogP) is 4.14. The lowest BCUT2D eigenvalue weighted by molar-refractivity contribution is -0.385. The van der Waals surface area contributed by atoms with Gasteiger partial charge in [0.05, 0.1) is 10.5 Å². The van der Waals surface area contributed by atoms with Crippen molar-refractivity contribution >= 4 is 17.3 Å². The highest BCUT2D eigenvalue weighted by molar-refractivity contribution is 6.30. The Balaban J connectivity index is 2.22. The summed E-state index contributed by atoms with van der Waals surface area (Å²) in [6.07, 6.45) is 0. The van der Waals surface area contributed by atoms with Crippen LogP contribution in [0.2, 0.25) is 5.02 Å². The van der Waals surface area contributed by atoms with E-state index in [0.29, 0.717) is 16.3 Å². The molecule has 0 fully saturated rings. The van der Waals surface area contributed by atoms with Gasteiger partial charge in [0, 0.05) is 11.1 Å². The van der Waals surface area contributed by atoms with E-state index in [0.717, 1.165) is 5.56 Å². The minimum atomic E-state index is -0.438. The molecule has 5 heteroatoms. The van der Waals surface area contributed by atoms with Gasteiger partial charge in [-0.1, -0.05) is 29.8 Å². The zero-order chi connectivity index (χ0) is 13.8. The molecule has 0 aliphatic carbocycles. The van der Waals surface area contributed by atoms with Gasteiger partial charge in [-0.05, 0) is 30.7 Å². The maximum atomic E-state index is 10.9. The molecular formula is C14H12ClNO3. The second-order valence-electron chi connectivity index (χ2n) is 4.08. The van der Waals surface area contributed by atoms with Crippen LogP contribution in [0, 0.1) is 17.0 Å². The summed E-state index contributed by atoms with van der Waals surface area (Å²) in [4.78, 5) is 10.5. The summed E-state index contributed by atoms with van der Waals surface area (Å²) in [7, 11) is 0. The van der Waals surface area contributed by atoms with Crippen molar-refractivity contribution in [2.45, 2.75) is 13.5 Å². The van der Waals surface area contributed by atoms with Crippen molar-refractivity contribution in [1.29, 1.82) is 0 Å². The smallest absolute Gasteiger partial charge is 0.276 e. The number of hydrogen-bond donors (Lipinski definition) is 0. The molecule has 98 valence electrons. The Hall–Kier alpha value is -2.07. The Morgan fingerprint density at radius 3 is 2.68 bits per heavy atom. The largest absolute Gasteiger partial charge is 0.488 e. The minimum absolute atomic E-state index is 0.0120. The maximum Gasteiger partial charge on any atom is 0.276 e. The molecule has 0 aliphatic rings. The van der Waals surface area contributed by atoms with Crippen LogP contribution in [0.25, 0.3) is 0 Å². The first kappa shape index (κ1) is 13.4. The quantitative estimate of drug-likeness (QED) is 0.623. The lowest BCUT2D eigenvalue weighted by Crippen LogP contribution is -2.01. The van der Waals surface area contributed by atoms with Gasteiger partial charge in [-0.25, -0.2) is 0 Å². The summed E-state index contributed by atoms with van der Waals surface area (Å²) in [5.41, 5.74) is 1.45. The second-order valence-corrected chi connectivity index (χ2v) is 4.52. The average molecular weight is 278 g/mol. The Labute approximate surface area is 115 Å². The SMILES string of the molecule is Cc1ccccc1OCc1cc(Cl)ccc1[N+](=O)[O-]. The highest BCUT2D eigenvalue weighted by Gasteiger charge is 2.14. The lowest BCUT2D eigenvalue weighted by Gasteiger charge is -2.09. The Morgan fingerprint density at radius 2 is 2.00 bits per heavy atom. The third-order valence-electron chi connectivity index (χ3n) is 2.72.